The lowest BCUT2D eigenvalue weighted by atomic mass is 10.2. The van der Waals surface area contributed by atoms with E-state index >= 15 is 0 Å². The van der Waals surface area contributed by atoms with Gasteiger partial charge in [-0.2, -0.15) is 0 Å². The van der Waals surface area contributed by atoms with Crippen LogP contribution in [0, 0.1) is 0 Å². The molecule has 0 saturated carbocycles. The third-order valence-electron chi connectivity index (χ3n) is 5.15. The van der Waals surface area contributed by atoms with Crippen molar-refractivity contribution in [3.63, 3.8) is 0 Å². The number of nitrogens with zero attached hydrogens (tertiary/aromatic N) is 3. The first-order valence-electron chi connectivity index (χ1n) is 9.06. The van der Waals surface area contributed by atoms with Crippen molar-refractivity contribution in [2.24, 2.45) is 0 Å². The highest BCUT2D eigenvalue weighted by molar-refractivity contribution is 5.94. The Morgan fingerprint density at radius 3 is 2.20 bits per heavy atom. The minimum Gasteiger partial charge on any atom is -0.339 e. The van der Waals surface area contributed by atoms with E-state index in [1.54, 1.807) is 0 Å². The molecule has 4 rings (SSSR count). The summed E-state index contributed by atoms with van der Waals surface area (Å²) in [6.45, 7) is 3.78. The SMILES string of the molecule is O=C(c1ccccc1)N1CCCn2c(ccc2C(=O)N2CCCC2)C1. The van der Waals surface area contributed by atoms with Crippen molar-refractivity contribution in [1.82, 2.24) is 14.4 Å². The number of carbonyl (C=O) groups excluding carboxylic acids is 2. The molecule has 1 saturated heterocycles. The van der Waals surface area contributed by atoms with Gasteiger partial charge in [0, 0.05) is 37.4 Å². The van der Waals surface area contributed by atoms with Crippen LogP contribution in [0.25, 0.3) is 0 Å². The predicted octanol–water partition coefficient (Wildman–Crippen LogP) is 2.77. The molecule has 2 aliphatic rings. The third kappa shape index (κ3) is 3.06. The summed E-state index contributed by atoms with van der Waals surface area (Å²) in [4.78, 5) is 29.3. The fourth-order valence-electron chi connectivity index (χ4n) is 3.81. The molecule has 130 valence electrons. The summed E-state index contributed by atoms with van der Waals surface area (Å²) in [6, 6.07) is 13.3. The van der Waals surface area contributed by atoms with Crippen LogP contribution in [0.3, 0.4) is 0 Å². The van der Waals surface area contributed by atoms with E-state index < -0.39 is 0 Å². The molecular weight excluding hydrogens is 314 g/mol. The first-order chi connectivity index (χ1) is 12.2. The molecule has 0 atom stereocenters. The van der Waals surface area contributed by atoms with Gasteiger partial charge in [-0.05, 0) is 43.5 Å². The number of rotatable bonds is 2. The normalized spacial score (nSPS) is 17.3. The van der Waals surface area contributed by atoms with E-state index in [0.717, 1.165) is 55.8 Å². The van der Waals surface area contributed by atoms with Gasteiger partial charge in [0.25, 0.3) is 11.8 Å². The van der Waals surface area contributed by atoms with Crippen molar-refractivity contribution in [1.29, 1.82) is 0 Å². The standard InChI is InChI=1S/C20H23N3O2/c24-19(16-7-2-1-3-8-16)22-13-6-14-23-17(15-22)9-10-18(23)20(25)21-11-4-5-12-21/h1-3,7-10H,4-6,11-15H2. The molecule has 5 nitrogen and oxygen atoms in total. The molecule has 1 aromatic carbocycles. The van der Waals surface area contributed by atoms with Gasteiger partial charge < -0.3 is 14.4 Å². The largest absolute Gasteiger partial charge is 0.339 e. The molecular formula is C20H23N3O2. The van der Waals surface area contributed by atoms with Gasteiger partial charge >= 0.3 is 0 Å². The molecule has 5 heteroatoms. The number of likely N-dealkylation sites (tertiary alicyclic amines) is 1. The van der Waals surface area contributed by atoms with Crippen LogP contribution >= 0.6 is 0 Å². The highest BCUT2D eigenvalue weighted by Crippen LogP contribution is 2.21. The van der Waals surface area contributed by atoms with E-state index in [2.05, 4.69) is 4.57 Å². The summed E-state index contributed by atoms with van der Waals surface area (Å²) in [6.07, 6.45) is 3.05. The first-order valence-corrected chi connectivity index (χ1v) is 9.06. The zero-order valence-corrected chi connectivity index (χ0v) is 14.4. The van der Waals surface area contributed by atoms with E-state index in [0.29, 0.717) is 13.1 Å². The molecule has 1 fully saturated rings. The topological polar surface area (TPSA) is 45.6 Å². The Balaban J connectivity index is 1.56. The average Bonchev–Trinajstić information content (AvgIpc) is 3.27. The summed E-state index contributed by atoms with van der Waals surface area (Å²) in [5.41, 5.74) is 2.53. The maximum Gasteiger partial charge on any atom is 0.270 e. The van der Waals surface area contributed by atoms with Crippen LogP contribution < -0.4 is 0 Å². The van der Waals surface area contributed by atoms with Gasteiger partial charge in [0.05, 0.1) is 6.54 Å². The van der Waals surface area contributed by atoms with Gasteiger partial charge in [-0.1, -0.05) is 18.2 Å². The van der Waals surface area contributed by atoms with Crippen molar-refractivity contribution in [2.75, 3.05) is 19.6 Å². The second-order valence-electron chi connectivity index (χ2n) is 6.81. The van der Waals surface area contributed by atoms with Crippen LogP contribution in [0.2, 0.25) is 0 Å². The molecule has 0 spiro atoms. The Hall–Kier alpha value is -2.56. The number of amides is 2. The van der Waals surface area contributed by atoms with Crippen molar-refractivity contribution in [3.8, 4) is 0 Å². The Labute approximate surface area is 147 Å². The molecule has 0 radical (unpaired) electrons. The molecule has 0 N–H and O–H groups in total. The Morgan fingerprint density at radius 1 is 0.720 bits per heavy atom. The predicted molar refractivity (Wildman–Crippen MR) is 95.4 cm³/mol. The minimum absolute atomic E-state index is 0.0580. The smallest absolute Gasteiger partial charge is 0.270 e. The molecule has 0 bridgehead atoms. The molecule has 1 aromatic heterocycles. The zero-order chi connectivity index (χ0) is 17.2. The fraction of sp³-hybridized carbons (Fsp3) is 0.400. The van der Waals surface area contributed by atoms with Gasteiger partial charge in [-0.3, -0.25) is 9.59 Å². The van der Waals surface area contributed by atoms with E-state index in [4.69, 9.17) is 0 Å². The minimum atomic E-state index is 0.0580. The molecule has 3 heterocycles. The van der Waals surface area contributed by atoms with Crippen LogP contribution in [0.15, 0.2) is 42.5 Å². The lowest BCUT2D eigenvalue weighted by Crippen LogP contribution is -2.30. The Morgan fingerprint density at radius 2 is 1.44 bits per heavy atom. The monoisotopic (exact) mass is 337 g/mol. The molecule has 0 unspecified atom stereocenters. The van der Waals surface area contributed by atoms with Gasteiger partial charge in [0.2, 0.25) is 0 Å². The summed E-state index contributed by atoms with van der Waals surface area (Å²) >= 11 is 0. The van der Waals surface area contributed by atoms with Crippen molar-refractivity contribution >= 4 is 11.8 Å². The zero-order valence-electron chi connectivity index (χ0n) is 14.4. The van der Waals surface area contributed by atoms with Crippen molar-refractivity contribution in [2.45, 2.75) is 32.4 Å². The van der Waals surface area contributed by atoms with E-state index in [1.807, 2.05) is 52.3 Å². The number of benzene rings is 1. The van der Waals surface area contributed by atoms with Crippen LogP contribution in [0.1, 0.15) is 45.8 Å². The van der Waals surface area contributed by atoms with Crippen molar-refractivity contribution in [3.05, 3.63) is 59.4 Å². The number of hydrogen-bond acceptors (Lipinski definition) is 2. The molecule has 2 amide bonds. The second kappa shape index (κ2) is 6.75. The molecule has 2 aliphatic heterocycles. The van der Waals surface area contributed by atoms with Gasteiger partial charge in [-0.15, -0.1) is 0 Å². The van der Waals surface area contributed by atoms with E-state index in [9.17, 15) is 9.59 Å². The van der Waals surface area contributed by atoms with Gasteiger partial charge in [0.15, 0.2) is 0 Å². The van der Waals surface area contributed by atoms with Crippen molar-refractivity contribution < 1.29 is 9.59 Å². The average molecular weight is 337 g/mol. The molecule has 25 heavy (non-hydrogen) atoms. The Bertz CT molecular complexity index is 775. The van der Waals surface area contributed by atoms with Crippen LogP contribution in [-0.4, -0.2) is 45.8 Å². The maximum absolute atomic E-state index is 12.8. The lowest BCUT2D eigenvalue weighted by Gasteiger charge is -2.20. The third-order valence-corrected chi connectivity index (χ3v) is 5.15. The second-order valence-corrected chi connectivity index (χ2v) is 6.81. The Kier molecular flexibility index (Phi) is 4.30. The number of fused-ring (bicyclic) bond motifs is 1. The molecule has 2 aromatic rings. The highest BCUT2D eigenvalue weighted by Gasteiger charge is 2.26. The fourth-order valence-corrected chi connectivity index (χ4v) is 3.81. The molecule has 0 aliphatic carbocycles. The number of aromatic nitrogens is 1. The van der Waals surface area contributed by atoms with E-state index in [-0.39, 0.29) is 11.8 Å². The quantitative estimate of drug-likeness (QED) is 0.846. The van der Waals surface area contributed by atoms with Crippen LogP contribution in [0.4, 0.5) is 0 Å². The summed E-state index contributed by atoms with van der Waals surface area (Å²) in [5.74, 6) is 0.189. The van der Waals surface area contributed by atoms with Gasteiger partial charge in [0.1, 0.15) is 5.69 Å². The lowest BCUT2D eigenvalue weighted by molar-refractivity contribution is 0.0745. The highest BCUT2D eigenvalue weighted by atomic mass is 16.2. The number of carbonyl (C=O) groups is 2. The van der Waals surface area contributed by atoms with Crippen LogP contribution in [-0.2, 0) is 13.1 Å². The van der Waals surface area contributed by atoms with E-state index in [1.165, 1.54) is 0 Å². The maximum atomic E-state index is 12.8. The first kappa shape index (κ1) is 15.9. The summed E-state index contributed by atoms with van der Waals surface area (Å²) < 4.78 is 2.11. The summed E-state index contributed by atoms with van der Waals surface area (Å²) in [7, 11) is 0. The summed E-state index contributed by atoms with van der Waals surface area (Å²) in [5, 5.41) is 0. The van der Waals surface area contributed by atoms with Gasteiger partial charge in [-0.25, -0.2) is 0 Å². The van der Waals surface area contributed by atoms with Crippen LogP contribution in [0.5, 0.6) is 0 Å². The number of hydrogen-bond donors (Lipinski definition) is 0.